The first-order valence-electron chi connectivity index (χ1n) is 12.1. The Morgan fingerprint density at radius 3 is 1.81 bits per heavy atom. The zero-order valence-electron chi connectivity index (χ0n) is 21.4. The highest BCUT2D eigenvalue weighted by Gasteiger charge is 2.25. The van der Waals surface area contributed by atoms with Gasteiger partial charge in [-0.3, -0.25) is 9.11 Å². The first kappa shape index (κ1) is 28.5. The molecule has 1 aliphatic carbocycles. The molecule has 3 rings (SSSR count). The minimum absolute atomic E-state index is 0.0381. The van der Waals surface area contributed by atoms with Crippen LogP contribution >= 0.6 is 0 Å². The minimum atomic E-state index is -4.73. The second kappa shape index (κ2) is 11.6. The van der Waals surface area contributed by atoms with Crippen LogP contribution < -0.4 is 4.90 Å². The van der Waals surface area contributed by atoms with Crippen LogP contribution in [-0.2, 0) is 20.2 Å². The lowest BCUT2D eigenvalue weighted by molar-refractivity contribution is -0.519. The molecule has 0 spiro atoms. The highest BCUT2D eigenvalue weighted by molar-refractivity contribution is 7.86. The average Bonchev–Trinajstić information content (AvgIpc) is 2.86. The second-order valence-electron chi connectivity index (χ2n) is 8.42. The monoisotopic (exact) mass is 545 g/mol. The molecule has 0 bridgehead atoms. The molecule has 0 heterocycles. The summed E-state index contributed by atoms with van der Waals surface area (Å²) in [5, 5.41) is 0. The molecule has 2 aromatic rings. The lowest BCUT2D eigenvalue weighted by Gasteiger charge is -2.22. The Balaban J connectivity index is 2.36. The van der Waals surface area contributed by atoms with Gasteiger partial charge in [0.05, 0.1) is 4.90 Å². The van der Waals surface area contributed by atoms with E-state index in [4.69, 9.17) is 0 Å². The lowest BCUT2D eigenvalue weighted by Crippen LogP contribution is -2.21. The van der Waals surface area contributed by atoms with Gasteiger partial charge in [0.2, 0.25) is 0 Å². The van der Waals surface area contributed by atoms with Gasteiger partial charge in [-0.1, -0.05) is 12.1 Å². The molecule has 8 nitrogen and oxygen atoms in total. The standard InChI is InChI=1S/C27H32N2O6S2/c1-5-28(6-2)22-13-9-20(10-14-22)27(21-11-15-23(16-12-21)29(7-3)8-4)25-19-24(36(30,31)32)17-18-26(25)37(33,34)35/h9-19H,5-8H2,1-4H3,(H-,30,31,32,33,34,35)/p+1. The molecule has 0 unspecified atom stereocenters. The molecular weight excluding hydrogens is 512 g/mol. The van der Waals surface area contributed by atoms with Crippen molar-refractivity contribution in [3.05, 3.63) is 83.5 Å². The molecule has 10 heteroatoms. The van der Waals surface area contributed by atoms with E-state index in [2.05, 4.69) is 9.48 Å². The summed E-state index contributed by atoms with van der Waals surface area (Å²) in [4.78, 5) is 1.22. The van der Waals surface area contributed by atoms with Crippen molar-refractivity contribution < 1.29 is 30.5 Å². The quantitative estimate of drug-likeness (QED) is 0.353. The highest BCUT2D eigenvalue weighted by Crippen LogP contribution is 2.36. The summed E-state index contributed by atoms with van der Waals surface area (Å²) < 4.78 is 70.4. The molecule has 0 atom stereocenters. The molecule has 0 saturated heterocycles. The number of hydrogen-bond donors (Lipinski definition) is 2. The van der Waals surface area contributed by atoms with Gasteiger partial charge < -0.3 is 4.90 Å². The van der Waals surface area contributed by atoms with Crippen LogP contribution in [-0.4, -0.2) is 62.4 Å². The third kappa shape index (κ3) is 6.45. The van der Waals surface area contributed by atoms with Crippen LogP contribution in [0.5, 0.6) is 0 Å². The molecular formula is C27H33N2O6S2+. The van der Waals surface area contributed by atoms with Gasteiger partial charge in [0, 0.05) is 36.5 Å². The van der Waals surface area contributed by atoms with E-state index < -0.39 is 30.0 Å². The van der Waals surface area contributed by atoms with Crippen LogP contribution in [0.15, 0.2) is 82.1 Å². The molecule has 0 aromatic heterocycles. The number of allylic oxidation sites excluding steroid dienone is 5. The van der Waals surface area contributed by atoms with Gasteiger partial charge in [-0.25, -0.2) is 4.58 Å². The number of benzene rings is 2. The topological polar surface area (TPSA) is 115 Å². The number of anilines is 1. The summed E-state index contributed by atoms with van der Waals surface area (Å²) in [5.41, 5.74) is 3.55. The van der Waals surface area contributed by atoms with Gasteiger partial charge >= 0.3 is 0 Å². The van der Waals surface area contributed by atoms with E-state index in [1.165, 1.54) is 0 Å². The Bertz CT molecular complexity index is 1470. The molecule has 2 N–H and O–H groups in total. The Hall–Kier alpha value is -3.05. The van der Waals surface area contributed by atoms with Crippen molar-refractivity contribution >= 4 is 37.2 Å². The van der Waals surface area contributed by atoms with Crippen LogP contribution in [0.2, 0.25) is 0 Å². The molecule has 0 amide bonds. The van der Waals surface area contributed by atoms with E-state index in [1.807, 2.05) is 76.3 Å². The Kier molecular flexibility index (Phi) is 8.91. The summed E-state index contributed by atoms with van der Waals surface area (Å²) in [6.07, 6.45) is 7.48. The maximum atomic E-state index is 12.3. The lowest BCUT2D eigenvalue weighted by atomic mass is 9.90. The van der Waals surface area contributed by atoms with Crippen LogP contribution in [0.1, 0.15) is 38.8 Å². The predicted molar refractivity (Wildman–Crippen MR) is 147 cm³/mol. The molecule has 0 aliphatic heterocycles. The van der Waals surface area contributed by atoms with Gasteiger partial charge in [0.1, 0.15) is 18.0 Å². The third-order valence-corrected chi connectivity index (χ3v) is 8.13. The maximum absolute atomic E-state index is 12.3. The summed E-state index contributed by atoms with van der Waals surface area (Å²) in [6, 6.07) is 10.5. The fourth-order valence-corrected chi connectivity index (χ4v) is 5.61. The van der Waals surface area contributed by atoms with Crippen molar-refractivity contribution in [3.63, 3.8) is 0 Å². The maximum Gasteiger partial charge on any atom is 0.295 e. The van der Waals surface area contributed by atoms with E-state index >= 15 is 0 Å². The Labute approximate surface area is 219 Å². The summed E-state index contributed by atoms with van der Waals surface area (Å²) in [5.74, 6) is 0. The van der Waals surface area contributed by atoms with Crippen molar-refractivity contribution in [1.29, 1.82) is 0 Å². The van der Waals surface area contributed by atoms with Gasteiger partial charge in [-0.05, 0) is 86.9 Å². The second-order valence-corrected chi connectivity index (χ2v) is 11.2. The Morgan fingerprint density at radius 2 is 1.35 bits per heavy atom. The Morgan fingerprint density at radius 1 is 0.784 bits per heavy atom. The third-order valence-electron chi connectivity index (χ3n) is 6.37. The summed E-state index contributed by atoms with van der Waals surface area (Å²) >= 11 is 0. The summed E-state index contributed by atoms with van der Waals surface area (Å²) in [7, 11) is -9.37. The first-order valence-corrected chi connectivity index (χ1v) is 15.0. The van der Waals surface area contributed by atoms with Crippen molar-refractivity contribution in [2.45, 2.75) is 37.5 Å². The number of nitrogens with zero attached hydrogens (tertiary/aromatic N) is 2. The zero-order chi connectivity index (χ0) is 27.4. The van der Waals surface area contributed by atoms with Crippen LogP contribution in [0.3, 0.4) is 0 Å². The molecule has 2 aromatic carbocycles. The summed E-state index contributed by atoms with van der Waals surface area (Å²) in [6.45, 7) is 11.4. The van der Waals surface area contributed by atoms with Gasteiger partial charge in [0.15, 0.2) is 5.71 Å². The molecule has 0 fully saturated rings. The first-order chi connectivity index (χ1) is 17.4. The van der Waals surface area contributed by atoms with Gasteiger partial charge in [-0.2, -0.15) is 16.8 Å². The van der Waals surface area contributed by atoms with Crippen LogP contribution in [0.25, 0.3) is 5.57 Å². The highest BCUT2D eigenvalue weighted by atomic mass is 32.2. The molecule has 0 saturated carbocycles. The van der Waals surface area contributed by atoms with E-state index in [0.717, 1.165) is 55.8 Å². The minimum Gasteiger partial charge on any atom is -0.372 e. The molecule has 0 radical (unpaired) electrons. The van der Waals surface area contributed by atoms with E-state index in [1.54, 1.807) is 0 Å². The predicted octanol–water partition coefficient (Wildman–Crippen LogP) is 4.45. The van der Waals surface area contributed by atoms with E-state index in [0.29, 0.717) is 16.7 Å². The van der Waals surface area contributed by atoms with Gasteiger partial charge in [-0.15, -0.1) is 0 Å². The molecule has 37 heavy (non-hydrogen) atoms. The largest absolute Gasteiger partial charge is 0.372 e. The van der Waals surface area contributed by atoms with Crippen molar-refractivity contribution in [2.24, 2.45) is 0 Å². The fraction of sp³-hybridized carbons (Fsp3) is 0.296. The normalized spacial score (nSPS) is 13.7. The fourth-order valence-electron chi connectivity index (χ4n) is 4.42. The number of hydrogen-bond acceptors (Lipinski definition) is 5. The van der Waals surface area contributed by atoms with Crippen LogP contribution in [0.4, 0.5) is 5.69 Å². The smallest absolute Gasteiger partial charge is 0.295 e. The van der Waals surface area contributed by atoms with Crippen molar-refractivity contribution in [2.75, 3.05) is 31.1 Å². The average molecular weight is 546 g/mol. The van der Waals surface area contributed by atoms with E-state index in [-0.39, 0.29) is 5.56 Å². The van der Waals surface area contributed by atoms with E-state index in [9.17, 15) is 25.9 Å². The van der Waals surface area contributed by atoms with Crippen molar-refractivity contribution in [3.8, 4) is 0 Å². The molecule has 198 valence electrons. The number of rotatable bonds is 9. The van der Waals surface area contributed by atoms with Crippen molar-refractivity contribution in [1.82, 2.24) is 0 Å². The van der Waals surface area contributed by atoms with Crippen LogP contribution in [0, 0.1) is 0 Å². The van der Waals surface area contributed by atoms with Gasteiger partial charge in [0.25, 0.3) is 20.2 Å². The SMILES string of the molecule is CCN(CC)c1ccc(C(=C2C=CC(=[N+](CC)CC)C=C2)c2cc(S(=O)(=O)O)ccc2S(=O)(=O)O)cc1. The zero-order valence-corrected chi connectivity index (χ0v) is 23.1. The molecule has 1 aliphatic rings.